The van der Waals surface area contributed by atoms with Crippen LogP contribution in [0, 0.1) is 13.8 Å². The van der Waals surface area contributed by atoms with Gasteiger partial charge >= 0.3 is 11.7 Å². The van der Waals surface area contributed by atoms with E-state index in [-0.39, 0.29) is 12.1 Å². The second-order valence-corrected chi connectivity index (χ2v) is 6.01. The van der Waals surface area contributed by atoms with E-state index in [0.29, 0.717) is 16.5 Å². The lowest BCUT2D eigenvalue weighted by Crippen LogP contribution is -2.35. The summed E-state index contributed by atoms with van der Waals surface area (Å²) in [4.78, 5) is 39.4. The number of aromatic nitrogens is 2. The quantitative estimate of drug-likeness (QED) is 0.742. The summed E-state index contributed by atoms with van der Waals surface area (Å²) in [6, 6.07) is 10.5. The number of nitrogens with zero attached hydrogens (tertiary/aromatic N) is 1. The zero-order chi connectivity index (χ0) is 18.1. The van der Waals surface area contributed by atoms with Gasteiger partial charge in [0.1, 0.15) is 0 Å². The van der Waals surface area contributed by atoms with Crippen LogP contribution in [0.1, 0.15) is 27.0 Å². The summed E-state index contributed by atoms with van der Waals surface area (Å²) in [5.74, 6) is -0.416. The highest BCUT2D eigenvalue weighted by Crippen LogP contribution is 2.13. The molecule has 1 N–H and O–H groups in total. The number of hydrogen-bond acceptors (Lipinski definition) is 4. The van der Waals surface area contributed by atoms with Crippen molar-refractivity contribution in [1.29, 1.82) is 0 Å². The van der Waals surface area contributed by atoms with Crippen LogP contribution in [0.15, 0.2) is 46.0 Å². The van der Waals surface area contributed by atoms with Gasteiger partial charge in [0.2, 0.25) is 0 Å². The molecule has 6 nitrogen and oxygen atoms in total. The van der Waals surface area contributed by atoms with Gasteiger partial charge in [0.05, 0.1) is 30.1 Å². The normalized spacial score (nSPS) is 10.8. The molecule has 0 unspecified atom stereocenters. The third-order valence-electron chi connectivity index (χ3n) is 4.17. The van der Waals surface area contributed by atoms with Crippen LogP contribution in [0.2, 0.25) is 0 Å². The van der Waals surface area contributed by atoms with E-state index in [1.165, 1.54) is 7.11 Å². The van der Waals surface area contributed by atoms with Gasteiger partial charge in [-0.3, -0.25) is 9.36 Å². The van der Waals surface area contributed by atoms with Crippen molar-refractivity contribution in [1.82, 2.24) is 9.55 Å². The second-order valence-electron chi connectivity index (χ2n) is 6.01. The molecule has 128 valence electrons. The summed E-state index contributed by atoms with van der Waals surface area (Å²) in [5, 5.41) is 0.475. The lowest BCUT2D eigenvalue weighted by Gasteiger charge is -2.09. The Hall–Kier alpha value is -3.15. The van der Waals surface area contributed by atoms with Gasteiger partial charge in [0.15, 0.2) is 0 Å². The van der Waals surface area contributed by atoms with Gasteiger partial charge < -0.3 is 9.72 Å². The van der Waals surface area contributed by atoms with Crippen molar-refractivity contribution in [2.24, 2.45) is 0 Å². The standard InChI is InChI=1S/C19H18N2O4/c1-11-4-7-16-15(8-11)17(22)21(19(24)20-16)10-13-5-6-14(12(2)9-13)18(23)25-3/h4-9H,10H2,1-3H3,(H,20,24). The number of nitrogens with one attached hydrogen (secondary N) is 1. The number of fused-ring (bicyclic) bond motifs is 1. The van der Waals surface area contributed by atoms with Crippen molar-refractivity contribution >= 4 is 16.9 Å². The molecule has 0 aliphatic heterocycles. The molecule has 1 aromatic heterocycles. The fourth-order valence-electron chi connectivity index (χ4n) is 2.85. The first-order chi connectivity index (χ1) is 11.9. The average Bonchev–Trinajstić information content (AvgIpc) is 2.59. The number of aryl methyl sites for hydroxylation is 2. The number of ether oxygens (including phenoxy) is 1. The minimum atomic E-state index is -0.462. The summed E-state index contributed by atoms with van der Waals surface area (Å²) < 4.78 is 5.88. The highest BCUT2D eigenvalue weighted by molar-refractivity contribution is 5.91. The van der Waals surface area contributed by atoms with Gasteiger partial charge in [-0.05, 0) is 43.2 Å². The van der Waals surface area contributed by atoms with E-state index in [9.17, 15) is 14.4 Å². The zero-order valence-corrected chi connectivity index (χ0v) is 14.3. The van der Waals surface area contributed by atoms with Crippen LogP contribution in [-0.2, 0) is 11.3 Å². The summed E-state index contributed by atoms with van der Waals surface area (Å²) in [5.41, 5.74) is 2.61. The van der Waals surface area contributed by atoms with Crippen LogP contribution >= 0.6 is 0 Å². The molecule has 25 heavy (non-hydrogen) atoms. The Balaban J connectivity index is 2.06. The molecule has 0 saturated carbocycles. The van der Waals surface area contributed by atoms with Crippen molar-refractivity contribution in [3.8, 4) is 0 Å². The third-order valence-corrected chi connectivity index (χ3v) is 4.17. The maximum Gasteiger partial charge on any atom is 0.338 e. The van der Waals surface area contributed by atoms with Crippen LogP contribution < -0.4 is 11.2 Å². The number of benzene rings is 2. The van der Waals surface area contributed by atoms with E-state index in [2.05, 4.69) is 4.98 Å². The first-order valence-corrected chi connectivity index (χ1v) is 7.82. The molecule has 0 amide bonds. The van der Waals surface area contributed by atoms with E-state index < -0.39 is 11.7 Å². The summed E-state index contributed by atoms with van der Waals surface area (Å²) >= 11 is 0. The Labute approximate surface area is 143 Å². The van der Waals surface area contributed by atoms with Crippen molar-refractivity contribution in [2.75, 3.05) is 7.11 Å². The fourth-order valence-corrected chi connectivity index (χ4v) is 2.85. The number of carbonyl (C=O) groups is 1. The van der Waals surface area contributed by atoms with Crippen LogP contribution in [-0.4, -0.2) is 22.6 Å². The average molecular weight is 338 g/mol. The van der Waals surface area contributed by atoms with Crippen LogP contribution in [0.4, 0.5) is 0 Å². The Morgan fingerprint density at radius 2 is 1.88 bits per heavy atom. The smallest absolute Gasteiger partial charge is 0.338 e. The molecular weight excluding hydrogens is 320 g/mol. The summed E-state index contributed by atoms with van der Waals surface area (Å²) in [6.45, 7) is 3.80. The van der Waals surface area contributed by atoms with Gasteiger partial charge in [-0.1, -0.05) is 23.8 Å². The first kappa shape index (κ1) is 16.7. The predicted octanol–water partition coefficient (Wildman–Crippen LogP) is 2.14. The van der Waals surface area contributed by atoms with E-state index >= 15 is 0 Å². The van der Waals surface area contributed by atoms with Gasteiger partial charge in [-0.2, -0.15) is 0 Å². The number of methoxy groups -OCH3 is 1. The Kier molecular flexibility index (Phi) is 4.27. The summed E-state index contributed by atoms with van der Waals surface area (Å²) in [7, 11) is 1.33. The fraction of sp³-hybridized carbons (Fsp3) is 0.211. The molecule has 0 atom stereocenters. The molecule has 0 fully saturated rings. The highest BCUT2D eigenvalue weighted by atomic mass is 16.5. The predicted molar refractivity (Wildman–Crippen MR) is 95.2 cm³/mol. The maximum atomic E-state index is 12.7. The van der Waals surface area contributed by atoms with Crippen LogP contribution in [0.5, 0.6) is 0 Å². The lowest BCUT2D eigenvalue weighted by molar-refractivity contribution is 0.0600. The minimum absolute atomic E-state index is 0.125. The molecule has 0 aliphatic rings. The monoisotopic (exact) mass is 338 g/mol. The largest absolute Gasteiger partial charge is 0.465 e. The Bertz CT molecular complexity index is 1090. The molecule has 1 heterocycles. The molecular formula is C19H18N2O4. The second kappa shape index (κ2) is 6.39. The molecule has 2 aromatic carbocycles. The molecule has 0 spiro atoms. The Morgan fingerprint density at radius 3 is 2.56 bits per heavy atom. The van der Waals surface area contributed by atoms with E-state index in [0.717, 1.165) is 21.3 Å². The minimum Gasteiger partial charge on any atom is -0.465 e. The maximum absolute atomic E-state index is 12.7. The number of hydrogen-bond donors (Lipinski definition) is 1. The van der Waals surface area contributed by atoms with Crippen molar-refractivity contribution < 1.29 is 9.53 Å². The van der Waals surface area contributed by atoms with E-state index in [1.807, 2.05) is 13.0 Å². The number of aromatic amines is 1. The number of esters is 1. The third kappa shape index (κ3) is 3.10. The van der Waals surface area contributed by atoms with Crippen molar-refractivity contribution in [3.63, 3.8) is 0 Å². The van der Waals surface area contributed by atoms with Gasteiger partial charge in [0, 0.05) is 0 Å². The molecule has 0 bridgehead atoms. The molecule has 0 radical (unpaired) electrons. The molecule has 3 aromatic rings. The van der Waals surface area contributed by atoms with E-state index in [4.69, 9.17) is 4.74 Å². The molecule has 3 rings (SSSR count). The molecule has 6 heteroatoms. The zero-order valence-electron chi connectivity index (χ0n) is 14.3. The number of H-pyrrole nitrogens is 1. The van der Waals surface area contributed by atoms with Crippen molar-refractivity contribution in [2.45, 2.75) is 20.4 Å². The summed E-state index contributed by atoms with van der Waals surface area (Å²) in [6.07, 6.45) is 0. The lowest BCUT2D eigenvalue weighted by atomic mass is 10.1. The first-order valence-electron chi connectivity index (χ1n) is 7.82. The van der Waals surface area contributed by atoms with Gasteiger partial charge in [-0.25, -0.2) is 9.59 Å². The highest BCUT2D eigenvalue weighted by Gasteiger charge is 2.12. The van der Waals surface area contributed by atoms with Crippen LogP contribution in [0.25, 0.3) is 10.9 Å². The number of rotatable bonds is 3. The van der Waals surface area contributed by atoms with Crippen LogP contribution in [0.3, 0.4) is 0 Å². The van der Waals surface area contributed by atoms with E-state index in [1.54, 1.807) is 37.3 Å². The molecule has 0 saturated heterocycles. The van der Waals surface area contributed by atoms with Gasteiger partial charge in [-0.15, -0.1) is 0 Å². The SMILES string of the molecule is COC(=O)c1ccc(Cn2c(=O)[nH]c3ccc(C)cc3c2=O)cc1C. The van der Waals surface area contributed by atoms with Crippen molar-refractivity contribution in [3.05, 3.63) is 79.5 Å². The number of carbonyl (C=O) groups excluding carboxylic acids is 1. The Morgan fingerprint density at radius 1 is 1.12 bits per heavy atom. The van der Waals surface area contributed by atoms with Gasteiger partial charge in [0.25, 0.3) is 5.56 Å². The topological polar surface area (TPSA) is 81.2 Å². The molecule has 0 aliphatic carbocycles.